The molecule has 31 heavy (non-hydrogen) atoms. The highest BCUT2D eigenvalue weighted by atomic mass is 32.1. The van der Waals surface area contributed by atoms with Gasteiger partial charge in [-0.2, -0.15) is 0 Å². The Balaban J connectivity index is 1.86. The molecule has 7 nitrogen and oxygen atoms in total. The number of nitrogens with zero attached hydrogens (tertiary/aromatic N) is 2. The molecule has 0 saturated carbocycles. The molecule has 3 heterocycles. The molecule has 0 saturated heterocycles. The maximum atomic E-state index is 13.6. The van der Waals surface area contributed by atoms with E-state index >= 15 is 0 Å². The third-order valence-corrected chi connectivity index (χ3v) is 6.37. The van der Waals surface area contributed by atoms with Crippen molar-refractivity contribution < 1.29 is 19.1 Å². The third-order valence-electron chi connectivity index (χ3n) is 5.43. The van der Waals surface area contributed by atoms with Crippen molar-refractivity contribution >= 4 is 29.0 Å². The number of hydrogen-bond donors (Lipinski definition) is 1. The highest BCUT2D eigenvalue weighted by molar-refractivity contribution is 7.10. The van der Waals surface area contributed by atoms with Crippen LogP contribution in [0.25, 0.3) is 0 Å². The van der Waals surface area contributed by atoms with Crippen LogP contribution in [-0.2, 0) is 4.79 Å². The summed E-state index contributed by atoms with van der Waals surface area (Å²) in [7, 11) is 4.77. The maximum absolute atomic E-state index is 13.6. The molecule has 0 bridgehead atoms. The minimum atomic E-state index is -0.654. The van der Waals surface area contributed by atoms with Crippen molar-refractivity contribution in [3.05, 3.63) is 69.5 Å². The van der Waals surface area contributed by atoms with E-state index in [1.165, 1.54) is 25.6 Å². The number of benzene rings is 1. The molecule has 0 fully saturated rings. The Bertz CT molecular complexity index is 1130. The Morgan fingerprint density at radius 3 is 2.52 bits per heavy atom. The number of likely N-dealkylation sites (N-methyl/N-ethyl adjacent to an activating group) is 1. The van der Waals surface area contributed by atoms with Crippen LogP contribution in [0.1, 0.15) is 38.5 Å². The minimum Gasteiger partial charge on any atom is -0.493 e. The largest absolute Gasteiger partial charge is 0.493 e. The summed E-state index contributed by atoms with van der Waals surface area (Å²) in [6.45, 7) is 1.86. The van der Waals surface area contributed by atoms with Crippen LogP contribution in [0.2, 0.25) is 0 Å². The molecule has 1 aliphatic heterocycles. The first-order valence-corrected chi connectivity index (χ1v) is 10.6. The fourth-order valence-electron chi connectivity index (χ4n) is 3.96. The fourth-order valence-corrected chi connectivity index (χ4v) is 4.87. The zero-order valence-corrected chi connectivity index (χ0v) is 18.5. The number of thiophene rings is 1. The van der Waals surface area contributed by atoms with Crippen LogP contribution in [0.5, 0.6) is 11.5 Å². The highest BCUT2D eigenvalue weighted by Gasteiger charge is 2.44. The first-order chi connectivity index (χ1) is 14.9. The topological polar surface area (TPSA) is 80.8 Å². The van der Waals surface area contributed by atoms with Gasteiger partial charge in [0.1, 0.15) is 5.82 Å². The van der Waals surface area contributed by atoms with Crippen LogP contribution in [0.15, 0.2) is 47.8 Å². The number of aromatic nitrogens is 1. The van der Waals surface area contributed by atoms with Crippen molar-refractivity contribution in [1.82, 2.24) is 9.88 Å². The molecule has 0 spiro atoms. The third kappa shape index (κ3) is 3.74. The van der Waals surface area contributed by atoms with Gasteiger partial charge in [-0.15, -0.1) is 11.3 Å². The van der Waals surface area contributed by atoms with E-state index in [0.29, 0.717) is 28.4 Å². The van der Waals surface area contributed by atoms with Crippen LogP contribution >= 0.6 is 11.3 Å². The van der Waals surface area contributed by atoms with E-state index in [4.69, 9.17) is 9.47 Å². The van der Waals surface area contributed by atoms with E-state index in [1.54, 1.807) is 30.1 Å². The SMILES string of the molecule is COc1cc2c(cc1OC)[C@H](C(=O)Nc1cccc(C)n1)[C@H](c1cccs1)N(C)C2=O. The summed E-state index contributed by atoms with van der Waals surface area (Å²) in [6, 6.07) is 12.2. The van der Waals surface area contributed by atoms with Gasteiger partial charge in [0, 0.05) is 23.2 Å². The summed E-state index contributed by atoms with van der Waals surface area (Å²) in [5.41, 5.74) is 1.82. The van der Waals surface area contributed by atoms with Crippen LogP contribution in [0.4, 0.5) is 5.82 Å². The smallest absolute Gasteiger partial charge is 0.254 e. The average molecular weight is 438 g/mol. The number of rotatable bonds is 5. The second-order valence-electron chi connectivity index (χ2n) is 7.30. The fraction of sp³-hybridized carbons (Fsp3) is 0.261. The molecule has 1 aromatic carbocycles. The zero-order chi connectivity index (χ0) is 22.1. The van der Waals surface area contributed by atoms with Gasteiger partial charge < -0.3 is 19.7 Å². The molecule has 2 amide bonds. The van der Waals surface area contributed by atoms with E-state index < -0.39 is 12.0 Å². The quantitative estimate of drug-likeness (QED) is 0.652. The van der Waals surface area contributed by atoms with Gasteiger partial charge in [0.25, 0.3) is 5.91 Å². The Morgan fingerprint density at radius 2 is 1.87 bits per heavy atom. The molecule has 1 N–H and O–H groups in total. The monoisotopic (exact) mass is 437 g/mol. The highest BCUT2D eigenvalue weighted by Crippen LogP contribution is 2.46. The van der Waals surface area contributed by atoms with E-state index in [1.807, 2.05) is 36.6 Å². The molecule has 160 valence electrons. The van der Waals surface area contributed by atoms with Crippen LogP contribution in [-0.4, -0.2) is 43.0 Å². The lowest BCUT2D eigenvalue weighted by atomic mass is 9.81. The first kappa shape index (κ1) is 20.9. The van der Waals surface area contributed by atoms with Crippen molar-refractivity contribution in [2.75, 3.05) is 26.6 Å². The number of methoxy groups -OCH3 is 2. The number of fused-ring (bicyclic) bond motifs is 1. The van der Waals surface area contributed by atoms with E-state index in [0.717, 1.165) is 10.6 Å². The second kappa shape index (κ2) is 8.39. The number of nitrogens with one attached hydrogen (secondary N) is 1. The number of anilines is 1. The van der Waals surface area contributed by atoms with Gasteiger partial charge in [-0.25, -0.2) is 4.98 Å². The normalized spacial score (nSPS) is 17.8. The molecule has 0 aliphatic carbocycles. The average Bonchev–Trinajstić information content (AvgIpc) is 3.29. The van der Waals surface area contributed by atoms with Gasteiger partial charge in [0.2, 0.25) is 5.91 Å². The summed E-state index contributed by atoms with van der Waals surface area (Å²) in [6.07, 6.45) is 0. The van der Waals surface area contributed by atoms with E-state index in [-0.39, 0.29) is 11.8 Å². The lowest BCUT2D eigenvalue weighted by molar-refractivity contribution is -0.119. The van der Waals surface area contributed by atoms with Crippen molar-refractivity contribution in [3.8, 4) is 11.5 Å². The van der Waals surface area contributed by atoms with Gasteiger partial charge in [0.05, 0.1) is 26.2 Å². The standard InChI is InChI=1S/C23H23N3O4S/c1-13-7-5-9-19(24-13)25-22(27)20-14-11-16(29-3)17(30-4)12-15(14)23(28)26(2)21(20)18-8-6-10-31-18/h5-12,20-21H,1-4H3,(H,24,25,27)/t20-,21-/m0/s1. The van der Waals surface area contributed by atoms with Crippen molar-refractivity contribution in [3.63, 3.8) is 0 Å². The van der Waals surface area contributed by atoms with Gasteiger partial charge in [0.15, 0.2) is 11.5 Å². The van der Waals surface area contributed by atoms with Gasteiger partial charge in [-0.1, -0.05) is 12.1 Å². The number of hydrogen-bond acceptors (Lipinski definition) is 6. The van der Waals surface area contributed by atoms with Crippen LogP contribution in [0, 0.1) is 6.92 Å². The van der Waals surface area contributed by atoms with Crippen molar-refractivity contribution in [2.45, 2.75) is 18.9 Å². The first-order valence-electron chi connectivity index (χ1n) is 9.75. The Hall–Kier alpha value is -3.39. The molecule has 0 radical (unpaired) electrons. The van der Waals surface area contributed by atoms with Gasteiger partial charge in [-0.3, -0.25) is 9.59 Å². The minimum absolute atomic E-state index is 0.174. The number of carbonyl (C=O) groups is 2. The molecule has 1 aliphatic rings. The zero-order valence-electron chi connectivity index (χ0n) is 17.7. The van der Waals surface area contributed by atoms with Crippen molar-refractivity contribution in [1.29, 1.82) is 0 Å². The molecule has 3 aromatic rings. The molecule has 4 rings (SSSR count). The summed E-state index contributed by atoms with van der Waals surface area (Å²) < 4.78 is 10.8. The molecule has 8 heteroatoms. The molecular formula is C23H23N3O4S. The predicted molar refractivity (Wildman–Crippen MR) is 119 cm³/mol. The Morgan fingerprint density at radius 1 is 1.13 bits per heavy atom. The van der Waals surface area contributed by atoms with E-state index in [2.05, 4.69) is 10.3 Å². The van der Waals surface area contributed by atoms with Crippen LogP contribution in [0.3, 0.4) is 0 Å². The van der Waals surface area contributed by atoms with Crippen molar-refractivity contribution in [2.24, 2.45) is 0 Å². The lowest BCUT2D eigenvalue weighted by Gasteiger charge is -2.39. The van der Waals surface area contributed by atoms with Crippen LogP contribution < -0.4 is 14.8 Å². The maximum Gasteiger partial charge on any atom is 0.254 e. The molecule has 2 atom stereocenters. The predicted octanol–water partition coefficient (Wildman–Crippen LogP) is 4.02. The number of ether oxygens (including phenoxy) is 2. The summed E-state index contributed by atoms with van der Waals surface area (Å²) >= 11 is 1.51. The summed E-state index contributed by atoms with van der Waals surface area (Å²) in [4.78, 5) is 33.8. The molecular weight excluding hydrogens is 414 g/mol. The summed E-state index contributed by atoms with van der Waals surface area (Å²) in [5.74, 6) is 0.304. The number of carbonyl (C=O) groups excluding carboxylic acids is 2. The number of amides is 2. The molecule has 0 unspecified atom stereocenters. The second-order valence-corrected chi connectivity index (χ2v) is 8.28. The van der Waals surface area contributed by atoms with Gasteiger partial charge in [-0.05, 0) is 48.2 Å². The number of pyridine rings is 1. The van der Waals surface area contributed by atoms with Gasteiger partial charge >= 0.3 is 0 Å². The Labute approximate surface area is 184 Å². The number of aryl methyl sites for hydroxylation is 1. The lowest BCUT2D eigenvalue weighted by Crippen LogP contribution is -2.43. The van der Waals surface area contributed by atoms with E-state index in [9.17, 15) is 9.59 Å². The molecule has 2 aromatic heterocycles. The summed E-state index contributed by atoms with van der Waals surface area (Å²) in [5, 5.41) is 4.87. The Kier molecular flexibility index (Phi) is 5.65.